The molecule has 0 N–H and O–H groups in total. The van der Waals surface area contributed by atoms with E-state index in [1.165, 1.54) is 57.8 Å². The van der Waals surface area contributed by atoms with E-state index >= 15 is 0 Å². The number of hydrogen-bond acceptors (Lipinski definition) is 1. The van der Waals surface area contributed by atoms with Crippen LogP contribution in [-0.2, 0) is 6.42 Å². The van der Waals surface area contributed by atoms with E-state index in [4.69, 9.17) is 4.74 Å². The first kappa shape index (κ1) is 16.2. The second-order valence-corrected chi connectivity index (χ2v) is 8.52. The van der Waals surface area contributed by atoms with Crippen LogP contribution in [0.1, 0.15) is 82.3 Å². The molecule has 0 heterocycles. The van der Waals surface area contributed by atoms with E-state index in [-0.39, 0.29) is 0 Å². The molecule has 1 heteroatoms. The Kier molecular flexibility index (Phi) is 4.22. The maximum absolute atomic E-state index is 5.44. The molecule has 130 valence electrons. The predicted molar refractivity (Wildman–Crippen MR) is 101 cm³/mol. The summed E-state index contributed by atoms with van der Waals surface area (Å²) in [5.41, 5.74) is 7.46. The van der Waals surface area contributed by atoms with Crippen molar-refractivity contribution in [2.75, 3.05) is 7.11 Å². The van der Waals surface area contributed by atoms with Gasteiger partial charge in [0.05, 0.1) is 7.11 Å². The van der Waals surface area contributed by atoms with Crippen LogP contribution in [0.25, 0.3) is 0 Å². The lowest BCUT2D eigenvalue weighted by Crippen LogP contribution is -2.27. The molecule has 1 aromatic carbocycles. The summed E-state index contributed by atoms with van der Waals surface area (Å²) < 4.78 is 5.44. The lowest BCUT2D eigenvalue weighted by atomic mass is 9.64. The SMILES string of the molecule is CCCC[C@]1(C)CCC2=C1CC[C@@H]1c3ccc(OC)cc3CC[C@@H]21. The van der Waals surface area contributed by atoms with Gasteiger partial charge in [0.1, 0.15) is 5.75 Å². The lowest BCUT2D eigenvalue weighted by Gasteiger charge is -2.41. The van der Waals surface area contributed by atoms with Gasteiger partial charge in [0.25, 0.3) is 0 Å². The van der Waals surface area contributed by atoms with Crippen molar-refractivity contribution in [2.24, 2.45) is 11.3 Å². The summed E-state index contributed by atoms with van der Waals surface area (Å²) >= 11 is 0. The maximum Gasteiger partial charge on any atom is 0.119 e. The fraction of sp³-hybridized carbons (Fsp3) is 0.652. The Hall–Kier alpha value is -1.24. The molecule has 3 atom stereocenters. The Morgan fingerprint density at radius 1 is 1.12 bits per heavy atom. The monoisotopic (exact) mass is 324 g/mol. The van der Waals surface area contributed by atoms with Gasteiger partial charge in [-0.1, -0.05) is 43.9 Å². The standard InChI is InChI=1S/C23H32O/c1-4-5-13-23(2)14-12-21-20-8-6-16-15-17(24-3)7-9-18(16)19(20)10-11-22(21)23/h7,9,15,19-20H,4-6,8,10-14H2,1-3H3/t19-,20-,23-/m1/s1. The average Bonchev–Trinajstić information content (AvgIpc) is 2.96. The number of hydrogen-bond donors (Lipinski definition) is 0. The van der Waals surface area contributed by atoms with E-state index in [0.29, 0.717) is 5.41 Å². The molecule has 0 amide bonds. The second kappa shape index (κ2) is 6.24. The van der Waals surface area contributed by atoms with Gasteiger partial charge >= 0.3 is 0 Å². The summed E-state index contributed by atoms with van der Waals surface area (Å²) in [4.78, 5) is 0. The summed E-state index contributed by atoms with van der Waals surface area (Å²) in [6, 6.07) is 6.82. The number of aryl methyl sites for hydroxylation is 1. The van der Waals surface area contributed by atoms with Crippen molar-refractivity contribution in [2.45, 2.75) is 77.6 Å². The van der Waals surface area contributed by atoms with Gasteiger partial charge in [0.15, 0.2) is 0 Å². The average molecular weight is 325 g/mol. The number of methoxy groups -OCH3 is 1. The van der Waals surface area contributed by atoms with Crippen LogP contribution in [0, 0.1) is 11.3 Å². The van der Waals surface area contributed by atoms with Crippen molar-refractivity contribution in [3.63, 3.8) is 0 Å². The van der Waals surface area contributed by atoms with E-state index < -0.39 is 0 Å². The zero-order chi connectivity index (χ0) is 16.7. The lowest BCUT2D eigenvalue weighted by molar-refractivity contribution is 0.323. The Balaban J connectivity index is 1.64. The minimum Gasteiger partial charge on any atom is -0.497 e. The Morgan fingerprint density at radius 3 is 2.75 bits per heavy atom. The molecule has 3 aliphatic carbocycles. The van der Waals surface area contributed by atoms with Crippen LogP contribution in [0.2, 0.25) is 0 Å². The molecule has 0 unspecified atom stereocenters. The first-order chi connectivity index (χ1) is 11.7. The number of ether oxygens (including phenoxy) is 1. The molecule has 0 saturated heterocycles. The minimum atomic E-state index is 0.524. The highest BCUT2D eigenvalue weighted by molar-refractivity contribution is 5.44. The largest absolute Gasteiger partial charge is 0.497 e. The molecule has 24 heavy (non-hydrogen) atoms. The van der Waals surface area contributed by atoms with Crippen LogP contribution in [-0.4, -0.2) is 7.11 Å². The van der Waals surface area contributed by atoms with Gasteiger partial charge in [-0.15, -0.1) is 0 Å². The van der Waals surface area contributed by atoms with E-state index in [9.17, 15) is 0 Å². The number of fused-ring (bicyclic) bond motifs is 4. The van der Waals surface area contributed by atoms with Gasteiger partial charge in [-0.25, -0.2) is 0 Å². The summed E-state index contributed by atoms with van der Waals surface area (Å²) in [5, 5.41) is 0. The molecule has 0 aromatic heterocycles. The molecule has 0 spiro atoms. The number of allylic oxidation sites excluding steroid dienone is 2. The van der Waals surface area contributed by atoms with Crippen LogP contribution in [0.5, 0.6) is 5.75 Å². The molecule has 4 rings (SSSR count). The fourth-order valence-electron chi connectivity index (χ4n) is 5.90. The number of benzene rings is 1. The van der Waals surface area contributed by atoms with Gasteiger partial charge in [0.2, 0.25) is 0 Å². The predicted octanol–water partition coefficient (Wildman–Crippen LogP) is 6.42. The van der Waals surface area contributed by atoms with Crippen molar-refractivity contribution in [3.8, 4) is 5.75 Å². The summed E-state index contributed by atoms with van der Waals surface area (Å²) in [6.07, 6.45) is 12.2. The molecule has 0 saturated carbocycles. The highest BCUT2D eigenvalue weighted by Crippen LogP contribution is 2.58. The molecule has 0 bridgehead atoms. The highest BCUT2D eigenvalue weighted by Gasteiger charge is 2.44. The second-order valence-electron chi connectivity index (χ2n) is 8.52. The highest BCUT2D eigenvalue weighted by atomic mass is 16.5. The third-order valence-corrected chi connectivity index (χ3v) is 7.26. The van der Waals surface area contributed by atoms with Gasteiger partial charge in [-0.2, -0.15) is 0 Å². The minimum absolute atomic E-state index is 0.524. The van der Waals surface area contributed by atoms with E-state index in [1.54, 1.807) is 18.2 Å². The molecule has 0 fully saturated rings. The smallest absolute Gasteiger partial charge is 0.119 e. The molecule has 1 nitrogen and oxygen atoms in total. The van der Waals surface area contributed by atoms with Crippen molar-refractivity contribution in [1.29, 1.82) is 0 Å². The third kappa shape index (κ3) is 2.52. The normalized spacial score (nSPS) is 31.5. The van der Waals surface area contributed by atoms with Crippen LogP contribution in [0.15, 0.2) is 29.3 Å². The van der Waals surface area contributed by atoms with Crippen molar-refractivity contribution in [1.82, 2.24) is 0 Å². The number of unbranched alkanes of at least 4 members (excludes halogenated alkanes) is 1. The topological polar surface area (TPSA) is 9.23 Å². The molecule has 0 radical (unpaired) electrons. The first-order valence-electron chi connectivity index (χ1n) is 10.1. The van der Waals surface area contributed by atoms with Gasteiger partial charge in [-0.05, 0) is 85.5 Å². The Labute approximate surface area is 147 Å². The van der Waals surface area contributed by atoms with Crippen molar-refractivity contribution in [3.05, 3.63) is 40.5 Å². The summed E-state index contributed by atoms with van der Waals surface area (Å²) in [5.74, 6) is 2.63. The van der Waals surface area contributed by atoms with Crippen LogP contribution >= 0.6 is 0 Å². The van der Waals surface area contributed by atoms with Crippen LogP contribution in [0.4, 0.5) is 0 Å². The molecule has 0 aliphatic heterocycles. The quantitative estimate of drug-likeness (QED) is 0.580. The summed E-state index contributed by atoms with van der Waals surface area (Å²) in [6.45, 7) is 4.89. The number of rotatable bonds is 4. The van der Waals surface area contributed by atoms with E-state index in [1.807, 2.05) is 11.1 Å². The van der Waals surface area contributed by atoms with Gasteiger partial charge < -0.3 is 4.74 Å². The fourth-order valence-corrected chi connectivity index (χ4v) is 5.90. The molecule has 3 aliphatic rings. The molecule has 1 aromatic rings. The Bertz CT molecular complexity index is 656. The maximum atomic E-state index is 5.44. The van der Waals surface area contributed by atoms with Crippen molar-refractivity contribution >= 4 is 0 Å². The van der Waals surface area contributed by atoms with E-state index in [0.717, 1.165) is 17.6 Å². The Morgan fingerprint density at radius 2 is 1.96 bits per heavy atom. The summed E-state index contributed by atoms with van der Waals surface area (Å²) in [7, 11) is 1.78. The van der Waals surface area contributed by atoms with E-state index in [2.05, 4.69) is 32.0 Å². The van der Waals surface area contributed by atoms with Gasteiger partial charge in [-0.3, -0.25) is 0 Å². The third-order valence-electron chi connectivity index (χ3n) is 7.26. The first-order valence-corrected chi connectivity index (χ1v) is 10.1. The van der Waals surface area contributed by atoms with Crippen LogP contribution in [0.3, 0.4) is 0 Å². The van der Waals surface area contributed by atoms with Gasteiger partial charge in [0, 0.05) is 0 Å². The molecular weight excluding hydrogens is 292 g/mol. The van der Waals surface area contributed by atoms with Crippen molar-refractivity contribution < 1.29 is 4.74 Å². The zero-order valence-corrected chi connectivity index (χ0v) is 15.7. The zero-order valence-electron chi connectivity index (χ0n) is 15.7. The van der Waals surface area contributed by atoms with Crippen LogP contribution < -0.4 is 4.74 Å². The molecular formula is C23H32O.